The van der Waals surface area contributed by atoms with Crippen molar-refractivity contribution in [3.8, 4) is 5.75 Å². The molecule has 1 aliphatic rings. The van der Waals surface area contributed by atoms with E-state index in [1.165, 1.54) is 0 Å². The van der Waals surface area contributed by atoms with E-state index in [1.807, 2.05) is 19.1 Å². The number of ether oxygens (including phenoxy) is 1. The molecule has 1 N–H and O–H groups in total. The average molecular weight is 422 g/mol. The van der Waals surface area contributed by atoms with Gasteiger partial charge in [-0.05, 0) is 49.9 Å². The molecule has 5 nitrogen and oxygen atoms in total. The fourth-order valence-electron chi connectivity index (χ4n) is 3.07. The van der Waals surface area contributed by atoms with E-state index in [0.29, 0.717) is 33.7 Å². The van der Waals surface area contributed by atoms with E-state index in [0.717, 1.165) is 38.3 Å². The number of halogens is 2. The van der Waals surface area contributed by atoms with E-state index in [-0.39, 0.29) is 5.91 Å². The number of aryl methyl sites for hydroxylation is 1. The number of hydrogen-bond donors (Lipinski definition) is 1. The van der Waals surface area contributed by atoms with Crippen LogP contribution in [0.4, 0.5) is 5.69 Å². The Bertz CT molecular complexity index is 836. The van der Waals surface area contributed by atoms with Crippen LogP contribution in [0.15, 0.2) is 36.4 Å². The topological polar surface area (TPSA) is 44.8 Å². The van der Waals surface area contributed by atoms with Crippen LogP contribution in [-0.4, -0.2) is 62.1 Å². The van der Waals surface area contributed by atoms with Crippen LogP contribution in [0.2, 0.25) is 10.0 Å². The van der Waals surface area contributed by atoms with Crippen LogP contribution in [0.3, 0.4) is 0 Å². The fourth-order valence-corrected chi connectivity index (χ4v) is 3.53. The second-order valence-corrected chi connectivity index (χ2v) is 7.91. The van der Waals surface area contributed by atoms with Crippen molar-refractivity contribution in [1.82, 2.24) is 9.80 Å². The third-order valence-electron chi connectivity index (χ3n) is 4.82. The zero-order valence-corrected chi connectivity index (χ0v) is 17.7. The Morgan fingerprint density at radius 1 is 1.11 bits per heavy atom. The highest BCUT2D eigenvalue weighted by atomic mass is 35.5. The first-order valence-corrected chi connectivity index (χ1v) is 10.1. The summed E-state index contributed by atoms with van der Waals surface area (Å²) < 4.78 is 5.92. The lowest BCUT2D eigenvalue weighted by Gasteiger charge is -2.32. The average Bonchev–Trinajstić information content (AvgIpc) is 2.66. The van der Waals surface area contributed by atoms with Crippen molar-refractivity contribution in [1.29, 1.82) is 0 Å². The zero-order valence-electron chi connectivity index (χ0n) is 16.2. The van der Waals surface area contributed by atoms with Gasteiger partial charge in [0.1, 0.15) is 12.4 Å². The summed E-state index contributed by atoms with van der Waals surface area (Å²) in [6.07, 6.45) is 0. The van der Waals surface area contributed by atoms with E-state index >= 15 is 0 Å². The number of benzene rings is 2. The summed E-state index contributed by atoms with van der Waals surface area (Å²) in [5.41, 5.74) is 1.97. The minimum atomic E-state index is -0.303. The lowest BCUT2D eigenvalue weighted by atomic mass is 10.1. The van der Waals surface area contributed by atoms with Gasteiger partial charge in [0.2, 0.25) is 0 Å². The van der Waals surface area contributed by atoms with E-state index in [2.05, 4.69) is 22.2 Å². The summed E-state index contributed by atoms with van der Waals surface area (Å²) in [7, 11) is 2.13. The maximum Gasteiger partial charge on any atom is 0.259 e. The Balaban J connectivity index is 1.65. The summed E-state index contributed by atoms with van der Waals surface area (Å²) in [4.78, 5) is 17.5. The SMILES string of the molecule is Cc1ccc(NC(=O)c2cc(Cl)ccc2OCCN2CCN(C)CC2)c(Cl)c1. The molecule has 28 heavy (non-hydrogen) atoms. The first-order valence-electron chi connectivity index (χ1n) is 9.33. The van der Waals surface area contributed by atoms with E-state index in [9.17, 15) is 4.79 Å². The van der Waals surface area contributed by atoms with Gasteiger partial charge in [0, 0.05) is 37.7 Å². The molecular formula is C21H25Cl2N3O2. The van der Waals surface area contributed by atoms with Crippen LogP contribution in [0.5, 0.6) is 5.75 Å². The third kappa shape index (κ3) is 5.61. The number of nitrogens with one attached hydrogen (secondary N) is 1. The molecule has 0 bridgehead atoms. The molecule has 7 heteroatoms. The largest absolute Gasteiger partial charge is 0.491 e. The highest BCUT2D eigenvalue weighted by Gasteiger charge is 2.17. The number of carbonyl (C=O) groups excluding carboxylic acids is 1. The molecule has 3 rings (SSSR count). The molecule has 2 aromatic rings. The van der Waals surface area contributed by atoms with Crippen molar-refractivity contribution in [2.75, 3.05) is 51.7 Å². The minimum absolute atomic E-state index is 0.303. The molecule has 1 fully saturated rings. The van der Waals surface area contributed by atoms with Crippen molar-refractivity contribution >= 4 is 34.8 Å². The van der Waals surface area contributed by atoms with Crippen molar-refractivity contribution in [2.24, 2.45) is 0 Å². The maximum atomic E-state index is 12.8. The molecule has 0 atom stereocenters. The number of nitrogens with zero attached hydrogens (tertiary/aromatic N) is 2. The van der Waals surface area contributed by atoms with E-state index in [1.54, 1.807) is 24.3 Å². The fraction of sp³-hybridized carbons (Fsp3) is 0.381. The van der Waals surface area contributed by atoms with Crippen molar-refractivity contribution < 1.29 is 9.53 Å². The molecule has 0 aromatic heterocycles. The molecule has 1 heterocycles. The molecule has 1 aliphatic heterocycles. The predicted molar refractivity (Wildman–Crippen MR) is 115 cm³/mol. The van der Waals surface area contributed by atoms with Crippen LogP contribution < -0.4 is 10.1 Å². The Hall–Kier alpha value is -1.79. The number of amides is 1. The minimum Gasteiger partial charge on any atom is -0.491 e. The normalized spacial score (nSPS) is 15.4. The summed E-state index contributed by atoms with van der Waals surface area (Å²) >= 11 is 12.3. The molecule has 0 radical (unpaired) electrons. The van der Waals surface area contributed by atoms with Crippen LogP contribution >= 0.6 is 23.2 Å². The van der Waals surface area contributed by atoms with Gasteiger partial charge in [-0.1, -0.05) is 29.3 Å². The third-order valence-corrected chi connectivity index (χ3v) is 5.37. The molecule has 2 aromatic carbocycles. The highest BCUT2D eigenvalue weighted by molar-refractivity contribution is 6.34. The predicted octanol–water partition coefficient (Wildman–Crippen LogP) is 4.18. The quantitative estimate of drug-likeness (QED) is 0.759. The Labute approximate surface area is 176 Å². The first-order chi connectivity index (χ1) is 13.4. The second kappa shape index (κ2) is 9.61. The molecule has 0 saturated carbocycles. The van der Waals surface area contributed by atoms with Gasteiger partial charge >= 0.3 is 0 Å². The second-order valence-electron chi connectivity index (χ2n) is 7.07. The van der Waals surface area contributed by atoms with Gasteiger partial charge in [0.05, 0.1) is 16.3 Å². The highest BCUT2D eigenvalue weighted by Crippen LogP contribution is 2.27. The zero-order chi connectivity index (χ0) is 20.1. The number of anilines is 1. The Morgan fingerprint density at radius 2 is 1.86 bits per heavy atom. The van der Waals surface area contributed by atoms with Crippen LogP contribution in [0.25, 0.3) is 0 Å². The summed E-state index contributed by atoms with van der Waals surface area (Å²) in [6, 6.07) is 10.6. The summed E-state index contributed by atoms with van der Waals surface area (Å²) in [5, 5.41) is 3.81. The number of hydrogen-bond acceptors (Lipinski definition) is 4. The van der Waals surface area contributed by atoms with Crippen LogP contribution in [0.1, 0.15) is 15.9 Å². The Morgan fingerprint density at radius 3 is 2.57 bits per heavy atom. The smallest absolute Gasteiger partial charge is 0.259 e. The molecule has 0 spiro atoms. The standard InChI is InChI=1S/C21H25Cl2N3O2/c1-15-3-5-19(18(23)13-15)24-21(27)17-14-16(22)4-6-20(17)28-12-11-26-9-7-25(2)8-10-26/h3-6,13-14H,7-12H2,1-2H3,(H,24,27). The van der Waals surface area contributed by atoms with Crippen molar-refractivity contribution in [3.63, 3.8) is 0 Å². The number of likely N-dealkylation sites (N-methyl/N-ethyl adjacent to an activating group) is 1. The monoisotopic (exact) mass is 421 g/mol. The molecular weight excluding hydrogens is 397 g/mol. The molecule has 0 aliphatic carbocycles. The van der Waals surface area contributed by atoms with Gasteiger partial charge in [-0.25, -0.2) is 0 Å². The number of piperazine rings is 1. The summed E-state index contributed by atoms with van der Waals surface area (Å²) in [6.45, 7) is 7.45. The number of rotatable bonds is 6. The lowest BCUT2D eigenvalue weighted by Crippen LogP contribution is -2.45. The maximum absolute atomic E-state index is 12.8. The molecule has 150 valence electrons. The lowest BCUT2D eigenvalue weighted by molar-refractivity contribution is 0.102. The molecule has 1 amide bonds. The van der Waals surface area contributed by atoms with E-state index in [4.69, 9.17) is 27.9 Å². The number of carbonyl (C=O) groups is 1. The van der Waals surface area contributed by atoms with Crippen molar-refractivity contribution in [3.05, 3.63) is 57.6 Å². The van der Waals surface area contributed by atoms with Gasteiger partial charge in [-0.3, -0.25) is 9.69 Å². The van der Waals surface area contributed by atoms with E-state index < -0.39 is 0 Å². The molecule has 1 saturated heterocycles. The van der Waals surface area contributed by atoms with Gasteiger partial charge in [0.15, 0.2) is 0 Å². The summed E-state index contributed by atoms with van der Waals surface area (Å²) in [5.74, 6) is 0.210. The van der Waals surface area contributed by atoms with Gasteiger partial charge in [-0.2, -0.15) is 0 Å². The van der Waals surface area contributed by atoms with Crippen molar-refractivity contribution in [2.45, 2.75) is 6.92 Å². The molecule has 0 unspecified atom stereocenters. The van der Waals surface area contributed by atoms with Gasteiger partial charge < -0.3 is 15.0 Å². The van der Waals surface area contributed by atoms with Crippen LogP contribution in [-0.2, 0) is 0 Å². The van der Waals surface area contributed by atoms with Gasteiger partial charge in [-0.15, -0.1) is 0 Å². The van der Waals surface area contributed by atoms with Crippen LogP contribution in [0, 0.1) is 6.92 Å². The first kappa shape index (κ1) is 20.9. The Kier molecular flexibility index (Phi) is 7.18. The van der Waals surface area contributed by atoms with Gasteiger partial charge in [0.25, 0.3) is 5.91 Å².